The number of carbonyl (C=O) groups excluding carboxylic acids is 2. The number of aryl methyl sites for hydroxylation is 1. The number of aromatic nitrogens is 2. The van der Waals surface area contributed by atoms with Gasteiger partial charge in [-0.1, -0.05) is 0 Å². The van der Waals surface area contributed by atoms with Gasteiger partial charge in [0.2, 0.25) is 0 Å². The molecule has 0 atom stereocenters. The zero-order valence-corrected chi connectivity index (χ0v) is 15.0. The minimum absolute atomic E-state index is 0.121. The van der Waals surface area contributed by atoms with Crippen LogP contribution in [0.4, 0.5) is 17.6 Å². The monoisotopic (exact) mass is 398 g/mol. The summed E-state index contributed by atoms with van der Waals surface area (Å²) in [4.78, 5) is 27.9. The number of hydrogen-bond donors (Lipinski definition) is 0. The number of amides is 1. The van der Waals surface area contributed by atoms with Crippen molar-refractivity contribution in [2.75, 3.05) is 32.7 Å². The van der Waals surface area contributed by atoms with E-state index in [1.54, 1.807) is 0 Å². The van der Waals surface area contributed by atoms with Gasteiger partial charge in [-0.2, -0.15) is 18.3 Å². The molecule has 2 heterocycles. The third-order valence-corrected chi connectivity index (χ3v) is 4.58. The van der Waals surface area contributed by atoms with Crippen molar-refractivity contribution >= 4 is 11.7 Å². The predicted octanol–water partition coefficient (Wildman–Crippen LogP) is 2.22. The fraction of sp³-hybridized carbons (Fsp3) is 0.389. The predicted molar refractivity (Wildman–Crippen MR) is 91.3 cm³/mol. The second-order valence-corrected chi connectivity index (χ2v) is 6.53. The lowest BCUT2D eigenvalue weighted by atomic mass is 10.1. The van der Waals surface area contributed by atoms with E-state index in [-0.39, 0.29) is 31.1 Å². The molecule has 10 heteroatoms. The number of piperazine rings is 1. The average molecular weight is 398 g/mol. The molecule has 0 N–H and O–H groups in total. The van der Waals surface area contributed by atoms with Crippen LogP contribution in [-0.4, -0.2) is 64.0 Å². The van der Waals surface area contributed by atoms with Crippen LogP contribution >= 0.6 is 0 Å². The van der Waals surface area contributed by atoms with Gasteiger partial charge in [-0.3, -0.25) is 19.2 Å². The minimum Gasteiger partial charge on any atom is -0.335 e. The smallest absolute Gasteiger partial charge is 0.335 e. The summed E-state index contributed by atoms with van der Waals surface area (Å²) in [5.74, 6) is -1.16. The van der Waals surface area contributed by atoms with Gasteiger partial charge in [0.1, 0.15) is 11.5 Å². The first kappa shape index (κ1) is 20.0. The van der Waals surface area contributed by atoms with Gasteiger partial charge in [0.15, 0.2) is 11.5 Å². The highest BCUT2D eigenvalue weighted by Gasteiger charge is 2.36. The van der Waals surface area contributed by atoms with Crippen LogP contribution in [0.3, 0.4) is 0 Å². The van der Waals surface area contributed by atoms with Crippen LogP contribution in [0.2, 0.25) is 0 Å². The molecule has 3 rings (SSSR count). The van der Waals surface area contributed by atoms with E-state index < -0.39 is 23.6 Å². The molecule has 1 aromatic heterocycles. The molecule has 0 spiro atoms. The van der Waals surface area contributed by atoms with E-state index in [9.17, 15) is 27.2 Å². The zero-order chi connectivity index (χ0) is 20.5. The molecule has 1 aliphatic rings. The van der Waals surface area contributed by atoms with Crippen molar-refractivity contribution in [2.24, 2.45) is 7.05 Å². The second-order valence-electron chi connectivity index (χ2n) is 6.53. The lowest BCUT2D eigenvalue weighted by Crippen LogP contribution is -2.50. The first-order valence-electron chi connectivity index (χ1n) is 8.57. The van der Waals surface area contributed by atoms with Crippen molar-refractivity contribution in [3.63, 3.8) is 0 Å². The van der Waals surface area contributed by atoms with Crippen LogP contribution in [0.25, 0.3) is 0 Å². The molecule has 1 fully saturated rings. The molecule has 6 nitrogen and oxygen atoms in total. The normalized spacial score (nSPS) is 15.7. The lowest BCUT2D eigenvalue weighted by molar-refractivity contribution is -0.143. The molecule has 1 saturated heterocycles. The third-order valence-electron chi connectivity index (χ3n) is 4.58. The highest BCUT2D eigenvalue weighted by Crippen LogP contribution is 2.29. The van der Waals surface area contributed by atoms with Crippen LogP contribution < -0.4 is 0 Å². The standard InChI is InChI=1S/C18H18F4N4O2/c1-24-16(18(20,21)22)10-14(23-24)17(28)26-8-6-25(7-9-26)11-15(27)12-2-4-13(19)5-3-12/h2-5,10H,6-9,11H2,1H3. The summed E-state index contributed by atoms with van der Waals surface area (Å²) in [6.45, 7) is 1.46. The van der Waals surface area contributed by atoms with Crippen molar-refractivity contribution in [1.29, 1.82) is 0 Å². The Morgan fingerprint density at radius 1 is 1.07 bits per heavy atom. The molecule has 1 amide bonds. The van der Waals surface area contributed by atoms with Gasteiger partial charge in [-0.15, -0.1) is 0 Å². The second kappa shape index (κ2) is 7.70. The van der Waals surface area contributed by atoms with Crippen LogP contribution in [0, 0.1) is 5.82 Å². The van der Waals surface area contributed by atoms with E-state index in [1.807, 2.05) is 4.90 Å². The van der Waals surface area contributed by atoms with Gasteiger partial charge in [-0.25, -0.2) is 4.39 Å². The summed E-state index contributed by atoms with van der Waals surface area (Å²) in [7, 11) is 1.14. The number of nitrogens with zero attached hydrogens (tertiary/aromatic N) is 4. The first-order chi connectivity index (χ1) is 13.1. The SMILES string of the molecule is Cn1nc(C(=O)N2CCN(CC(=O)c3ccc(F)cc3)CC2)cc1C(F)(F)F. The van der Waals surface area contributed by atoms with Gasteiger partial charge >= 0.3 is 6.18 Å². The van der Waals surface area contributed by atoms with Crippen molar-refractivity contribution in [3.05, 3.63) is 53.1 Å². The van der Waals surface area contributed by atoms with Crippen LogP contribution in [0.5, 0.6) is 0 Å². The van der Waals surface area contributed by atoms with Crippen LogP contribution in [0.1, 0.15) is 26.5 Å². The van der Waals surface area contributed by atoms with Gasteiger partial charge < -0.3 is 4.90 Å². The summed E-state index contributed by atoms with van der Waals surface area (Å²) >= 11 is 0. The highest BCUT2D eigenvalue weighted by molar-refractivity contribution is 5.97. The molecule has 150 valence electrons. The molecular formula is C18H18F4N4O2. The highest BCUT2D eigenvalue weighted by atomic mass is 19.4. The number of Topliss-reactive ketones (excluding diaryl/α,β-unsaturated/α-hetero) is 1. The van der Waals surface area contributed by atoms with Crippen molar-refractivity contribution < 1.29 is 27.2 Å². The van der Waals surface area contributed by atoms with E-state index in [0.717, 1.165) is 13.1 Å². The molecule has 1 aliphatic heterocycles. The van der Waals surface area contributed by atoms with E-state index in [0.29, 0.717) is 23.3 Å². The number of benzene rings is 1. The Kier molecular flexibility index (Phi) is 5.50. The molecule has 1 aromatic carbocycles. The van der Waals surface area contributed by atoms with Crippen LogP contribution in [-0.2, 0) is 13.2 Å². The Morgan fingerprint density at radius 2 is 1.68 bits per heavy atom. The number of hydrogen-bond acceptors (Lipinski definition) is 4. The fourth-order valence-electron chi connectivity index (χ4n) is 3.04. The molecule has 0 bridgehead atoms. The Bertz CT molecular complexity index is 869. The Balaban J connectivity index is 1.57. The number of halogens is 4. The Labute approximate surface area is 158 Å². The minimum atomic E-state index is -4.58. The van der Waals surface area contributed by atoms with E-state index in [2.05, 4.69) is 5.10 Å². The lowest BCUT2D eigenvalue weighted by Gasteiger charge is -2.34. The van der Waals surface area contributed by atoms with E-state index >= 15 is 0 Å². The largest absolute Gasteiger partial charge is 0.433 e. The van der Waals surface area contributed by atoms with Gasteiger partial charge in [0.25, 0.3) is 5.91 Å². The molecular weight excluding hydrogens is 380 g/mol. The quantitative estimate of drug-likeness (QED) is 0.586. The molecule has 0 aliphatic carbocycles. The average Bonchev–Trinajstić information content (AvgIpc) is 3.04. The summed E-state index contributed by atoms with van der Waals surface area (Å²) < 4.78 is 52.1. The summed E-state index contributed by atoms with van der Waals surface area (Å²) in [6.07, 6.45) is -4.58. The van der Waals surface area contributed by atoms with E-state index in [4.69, 9.17) is 0 Å². The maximum absolute atomic E-state index is 12.9. The van der Waals surface area contributed by atoms with Crippen LogP contribution in [0.15, 0.2) is 30.3 Å². The zero-order valence-electron chi connectivity index (χ0n) is 15.0. The number of alkyl halides is 3. The van der Waals surface area contributed by atoms with Crippen molar-refractivity contribution in [1.82, 2.24) is 19.6 Å². The van der Waals surface area contributed by atoms with Gasteiger partial charge in [0.05, 0.1) is 6.54 Å². The maximum atomic E-state index is 12.9. The fourth-order valence-corrected chi connectivity index (χ4v) is 3.04. The summed E-state index contributed by atoms with van der Waals surface area (Å²) in [6, 6.07) is 6.00. The molecule has 0 saturated carbocycles. The number of carbonyl (C=O) groups is 2. The number of rotatable bonds is 4. The maximum Gasteiger partial charge on any atom is 0.433 e. The molecule has 2 aromatic rings. The van der Waals surface area contributed by atoms with Gasteiger partial charge in [0, 0.05) is 44.9 Å². The molecule has 0 radical (unpaired) electrons. The Hall–Kier alpha value is -2.75. The van der Waals surface area contributed by atoms with Gasteiger partial charge in [-0.05, 0) is 24.3 Å². The molecule has 0 unspecified atom stereocenters. The van der Waals surface area contributed by atoms with E-state index in [1.165, 1.54) is 29.2 Å². The Morgan fingerprint density at radius 3 is 2.21 bits per heavy atom. The van der Waals surface area contributed by atoms with Crippen molar-refractivity contribution in [2.45, 2.75) is 6.18 Å². The summed E-state index contributed by atoms with van der Waals surface area (Å²) in [5.41, 5.74) is -0.849. The third kappa shape index (κ3) is 4.38. The topological polar surface area (TPSA) is 58.4 Å². The number of ketones is 1. The molecule has 28 heavy (non-hydrogen) atoms. The summed E-state index contributed by atoms with van der Waals surface area (Å²) in [5, 5.41) is 3.67. The first-order valence-corrected chi connectivity index (χ1v) is 8.57. The van der Waals surface area contributed by atoms with Crippen molar-refractivity contribution in [3.8, 4) is 0 Å².